The van der Waals surface area contributed by atoms with Crippen molar-refractivity contribution in [1.29, 1.82) is 0 Å². The molecule has 4 aromatic rings. The van der Waals surface area contributed by atoms with Gasteiger partial charge in [-0.2, -0.15) is 4.52 Å². The number of nitrogens with zero attached hydrogens (tertiary/aromatic N) is 3. The van der Waals surface area contributed by atoms with Gasteiger partial charge in [0.15, 0.2) is 0 Å². The summed E-state index contributed by atoms with van der Waals surface area (Å²) in [4.78, 5) is 4.13. The first-order valence-electron chi connectivity index (χ1n) is 8.29. The second kappa shape index (κ2) is 7.32. The summed E-state index contributed by atoms with van der Waals surface area (Å²) in [7, 11) is 0. The molecule has 6 nitrogen and oxygen atoms in total. The molecule has 0 saturated heterocycles. The Bertz CT molecular complexity index is 1090. The van der Waals surface area contributed by atoms with Gasteiger partial charge in [0, 0.05) is 12.1 Å². The Balaban J connectivity index is 1.47. The minimum absolute atomic E-state index is 0.389. The minimum Gasteiger partial charge on any atom is -0.417 e. The normalized spacial score (nSPS) is 12.6. The summed E-state index contributed by atoms with van der Waals surface area (Å²) in [5, 5.41) is 18.8. The van der Waals surface area contributed by atoms with Crippen molar-refractivity contribution in [3.63, 3.8) is 0 Å². The van der Waals surface area contributed by atoms with Gasteiger partial charge in [-0.25, -0.2) is 4.98 Å². The van der Waals surface area contributed by atoms with Crippen molar-refractivity contribution in [1.82, 2.24) is 19.9 Å². The van der Waals surface area contributed by atoms with Gasteiger partial charge in [0.25, 0.3) is 0 Å². The number of hydrogen-bond acceptors (Lipinski definition) is 5. The second-order valence-corrected chi connectivity index (χ2v) is 6.87. The highest BCUT2D eigenvalue weighted by atomic mass is 35.5. The maximum atomic E-state index is 10.4. The van der Waals surface area contributed by atoms with Crippen molar-refractivity contribution in [2.45, 2.75) is 19.7 Å². The molecular formula is C19H16Cl2N4O2. The zero-order chi connectivity index (χ0) is 19.0. The highest BCUT2D eigenvalue weighted by molar-refractivity contribution is 6.42. The first-order chi connectivity index (χ1) is 13.0. The average molecular weight is 403 g/mol. The van der Waals surface area contributed by atoms with Crippen molar-refractivity contribution in [3.05, 3.63) is 75.7 Å². The number of hydrogen-bond donors (Lipinski definition) is 2. The molecule has 2 aromatic carbocycles. The van der Waals surface area contributed by atoms with E-state index in [-0.39, 0.29) is 0 Å². The number of aryl methyl sites for hydroxylation is 1. The Morgan fingerprint density at radius 3 is 2.70 bits per heavy atom. The van der Waals surface area contributed by atoms with E-state index >= 15 is 0 Å². The molecule has 0 radical (unpaired) electrons. The van der Waals surface area contributed by atoms with Gasteiger partial charge < -0.3 is 9.52 Å². The maximum Gasteiger partial charge on any atom is 0.246 e. The van der Waals surface area contributed by atoms with E-state index in [9.17, 15) is 5.11 Å². The third-order valence-electron chi connectivity index (χ3n) is 4.26. The van der Waals surface area contributed by atoms with Crippen LogP contribution in [0.15, 0.2) is 53.1 Å². The number of aliphatic hydroxyl groups excluding tert-OH is 1. The van der Waals surface area contributed by atoms with Crippen LogP contribution in [0.3, 0.4) is 0 Å². The molecule has 8 heteroatoms. The van der Waals surface area contributed by atoms with E-state index in [1.807, 2.05) is 43.3 Å². The molecule has 2 N–H and O–H groups in total. The lowest BCUT2D eigenvalue weighted by atomic mass is 10.1. The predicted molar refractivity (Wildman–Crippen MR) is 104 cm³/mol. The van der Waals surface area contributed by atoms with Crippen LogP contribution in [0.25, 0.3) is 17.2 Å². The van der Waals surface area contributed by atoms with Crippen molar-refractivity contribution < 1.29 is 9.52 Å². The predicted octanol–water partition coefficient (Wildman–Crippen LogP) is 4.39. The van der Waals surface area contributed by atoms with E-state index in [4.69, 9.17) is 27.6 Å². The van der Waals surface area contributed by atoms with E-state index in [1.54, 1.807) is 16.8 Å². The molecule has 138 valence electrons. The Morgan fingerprint density at radius 2 is 1.96 bits per heavy atom. The van der Waals surface area contributed by atoms with Crippen LogP contribution in [0.4, 0.5) is 0 Å². The molecule has 0 saturated carbocycles. The quantitative estimate of drug-likeness (QED) is 0.484. The highest BCUT2D eigenvalue weighted by Crippen LogP contribution is 2.26. The zero-order valence-corrected chi connectivity index (χ0v) is 15.9. The van der Waals surface area contributed by atoms with Crippen LogP contribution in [-0.4, -0.2) is 19.7 Å². The van der Waals surface area contributed by atoms with Gasteiger partial charge in [-0.15, -0.1) is 5.10 Å². The fourth-order valence-electron chi connectivity index (χ4n) is 2.75. The van der Waals surface area contributed by atoms with Crippen LogP contribution >= 0.6 is 23.2 Å². The van der Waals surface area contributed by atoms with Crippen molar-refractivity contribution in [3.8, 4) is 11.5 Å². The van der Waals surface area contributed by atoms with Crippen LogP contribution in [0.5, 0.6) is 0 Å². The molecule has 27 heavy (non-hydrogen) atoms. The fourth-order valence-corrected chi connectivity index (χ4v) is 3.14. The van der Waals surface area contributed by atoms with Gasteiger partial charge in [-0.1, -0.05) is 47.5 Å². The van der Waals surface area contributed by atoms with E-state index < -0.39 is 6.23 Å². The molecular weight excluding hydrogens is 387 g/mol. The topological polar surface area (TPSA) is 75.6 Å². The molecule has 0 aliphatic rings. The number of nitrogens with one attached hydrogen (secondary N) is 1. The number of aromatic nitrogens is 3. The average Bonchev–Trinajstić information content (AvgIpc) is 3.25. The smallest absolute Gasteiger partial charge is 0.246 e. The van der Waals surface area contributed by atoms with Crippen molar-refractivity contribution >= 4 is 28.9 Å². The van der Waals surface area contributed by atoms with E-state index in [1.165, 1.54) is 0 Å². The number of benzene rings is 2. The van der Waals surface area contributed by atoms with Crippen LogP contribution in [-0.2, 0) is 6.54 Å². The minimum atomic E-state index is -0.847. The van der Waals surface area contributed by atoms with Gasteiger partial charge in [0.2, 0.25) is 11.6 Å². The molecule has 0 amide bonds. The largest absolute Gasteiger partial charge is 0.417 e. The van der Waals surface area contributed by atoms with Gasteiger partial charge in [0.1, 0.15) is 12.1 Å². The Labute approximate surface area is 165 Å². The number of imidazole rings is 1. The molecule has 4 rings (SSSR count). The summed E-state index contributed by atoms with van der Waals surface area (Å²) in [5.74, 6) is 1.26. The van der Waals surface area contributed by atoms with E-state index in [0.717, 1.165) is 17.0 Å². The van der Waals surface area contributed by atoms with E-state index in [2.05, 4.69) is 15.4 Å². The molecule has 0 fully saturated rings. The van der Waals surface area contributed by atoms with Crippen molar-refractivity contribution in [2.75, 3.05) is 0 Å². The summed E-state index contributed by atoms with van der Waals surface area (Å²) in [6, 6.07) is 12.7. The Kier molecular flexibility index (Phi) is 4.88. The zero-order valence-electron chi connectivity index (χ0n) is 14.4. The van der Waals surface area contributed by atoms with Crippen molar-refractivity contribution in [2.24, 2.45) is 0 Å². The maximum absolute atomic E-state index is 10.4. The number of aliphatic hydroxyl groups is 1. The first-order valence-corrected chi connectivity index (χ1v) is 9.04. The summed E-state index contributed by atoms with van der Waals surface area (Å²) < 4.78 is 7.34. The van der Waals surface area contributed by atoms with Crippen LogP contribution in [0.1, 0.15) is 23.2 Å². The molecule has 0 aliphatic heterocycles. The van der Waals surface area contributed by atoms with Crippen LogP contribution in [0.2, 0.25) is 10.0 Å². The van der Waals surface area contributed by atoms with Gasteiger partial charge in [0.05, 0.1) is 16.2 Å². The van der Waals surface area contributed by atoms with Crippen LogP contribution in [0, 0.1) is 6.92 Å². The molecule has 0 aliphatic carbocycles. The first kappa shape index (κ1) is 18.0. The summed E-state index contributed by atoms with van der Waals surface area (Å²) in [6.07, 6.45) is 0.787. The lowest BCUT2D eigenvalue weighted by Gasteiger charge is -2.14. The van der Waals surface area contributed by atoms with Gasteiger partial charge in [-0.3, -0.25) is 5.32 Å². The molecule has 1 unspecified atom stereocenters. The monoisotopic (exact) mass is 402 g/mol. The second-order valence-electron chi connectivity index (χ2n) is 6.08. The Hall–Kier alpha value is -2.38. The SMILES string of the molecule is Cc1ncc2oc(-c3ccc(C(O)NCc4cccc(Cl)c4Cl)cc3)nn12. The third kappa shape index (κ3) is 3.57. The molecule has 2 heterocycles. The fraction of sp³-hybridized carbons (Fsp3) is 0.158. The third-order valence-corrected chi connectivity index (χ3v) is 5.12. The van der Waals surface area contributed by atoms with E-state index in [0.29, 0.717) is 33.8 Å². The van der Waals surface area contributed by atoms with Crippen LogP contribution < -0.4 is 5.32 Å². The standard InChI is InChI=1S/C19H16Cl2N4O2/c1-11-22-10-16-25(11)24-19(27-16)13-7-5-12(6-8-13)18(26)23-9-14-3-2-4-15(20)17(14)21/h2-8,10,18,23,26H,9H2,1H3. The lowest BCUT2D eigenvalue weighted by Crippen LogP contribution is -2.20. The number of rotatable bonds is 5. The number of fused-ring (bicyclic) bond motifs is 1. The molecule has 0 bridgehead atoms. The highest BCUT2D eigenvalue weighted by Gasteiger charge is 2.13. The summed E-state index contributed by atoms with van der Waals surface area (Å²) >= 11 is 12.2. The molecule has 2 aromatic heterocycles. The number of halogens is 2. The Morgan fingerprint density at radius 1 is 1.19 bits per heavy atom. The summed E-state index contributed by atoms with van der Waals surface area (Å²) in [5.41, 5.74) is 2.94. The molecule has 1 atom stereocenters. The summed E-state index contributed by atoms with van der Waals surface area (Å²) in [6.45, 7) is 2.25. The molecule has 0 spiro atoms. The van der Waals surface area contributed by atoms with Gasteiger partial charge >= 0.3 is 0 Å². The van der Waals surface area contributed by atoms with Gasteiger partial charge in [-0.05, 0) is 36.2 Å². The lowest BCUT2D eigenvalue weighted by molar-refractivity contribution is 0.137.